The van der Waals surface area contributed by atoms with Crippen molar-refractivity contribution in [3.63, 3.8) is 0 Å². The first-order valence-corrected chi connectivity index (χ1v) is 17.6. The highest BCUT2D eigenvalue weighted by Crippen LogP contribution is 2.24. The number of unbranched alkanes of at least 4 members (excludes halogenated alkanes) is 4. The smallest absolute Gasteiger partial charge is 0.322 e. The van der Waals surface area contributed by atoms with Gasteiger partial charge in [0.05, 0.1) is 6.61 Å². The molecular formula is C41H52N4O5. The Bertz CT molecular complexity index is 1630. The molecule has 0 saturated carbocycles. The predicted octanol–water partition coefficient (Wildman–Crippen LogP) is 8.03. The van der Waals surface area contributed by atoms with Crippen LogP contribution in [0.1, 0.15) is 95.1 Å². The monoisotopic (exact) mass is 680 g/mol. The van der Waals surface area contributed by atoms with E-state index in [0.29, 0.717) is 11.4 Å². The van der Waals surface area contributed by atoms with Gasteiger partial charge in [-0.1, -0.05) is 116 Å². The van der Waals surface area contributed by atoms with Crippen molar-refractivity contribution in [1.82, 2.24) is 20.6 Å². The summed E-state index contributed by atoms with van der Waals surface area (Å²) in [7, 11) is 0. The van der Waals surface area contributed by atoms with E-state index in [1.807, 2.05) is 74.5 Å². The molecule has 0 saturated heterocycles. The number of carbonyl (C=O) groups excluding carboxylic acids is 2. The summed E-state index contributed by atoms with van der Waals surface area (Å²) in [5.41, 5.74) is 4.87. The lowest BCUT2D eigenvalue weighted by Gasteiger charge is -2.20. The van der Waals surface area contributed by atoms with Crippen LogP contribution in [0.2, 0.25) is 0 Å². The summed E-state index contributed by atoms with van der Waals surface area (Å²) in [6.07, 6.45) is 9.74. The fraction of sp³-hybridized carbons (Fsp3) is 0.390. The number of hydrogen-bond donors (Lipinski definition) is 3. The molecule has 0 aliphatic rings. The highest BCUT2D eigenvalue weighted by atomic mass is 16.5. The van der Waals surface area contributed by atoms with Crippen molar-refractivity contribution in [3.05, 3.63) is 102 Å². The number of carbonyl (C=O) groups is 3. The van der Waals surface area contributed by atoms with Crippen molar-refractivity contribution >= 4 is 17.8 Å². The number of carboxylic acid groups (broad SMARTS) is 1. The van der Waals surface area contributed by atoms with E-state index in [1.54, 1.807) is 24.5 Å². The van der Waals surface area contributed by atoms with Crippen LogP contribution in [0.5, 0.6) is 5.75 Å². The fourth-order valence-electron chi connectivity index (χ4n) is 5.15. The maximum absolute atomic E-state index is 13.1. The van der Waals surface area contributed by atoms with Crippen LogP contribution in [0, 0.1) is 0 Å². The van der Waals surface area contributed by atoms with Gasteiger partial charge in [0.2, 0.25) is 5.91 Å². The molecule has 9 nitrogen and oxygen atoms in total. The van der Waals surface area contributed by atoms with Crippen molar-refractivity contribution in [1.29, 1.82) is 0 Å². The summed E-state index contributed by atoms with van der Waals surface area (Å²) in [6, 6.07) is 21.6. The van der Waals surface area contributed by atoms with Crippen LogP contribution in [0.4, 0.5) is 0 Å². The van der Waals surface area contributed by atoms with E-state index in [1.165, 1.54) is 25.7 Å². The largest absolute Gasteiger partial charge is 0.494 e. The third-order valence-corrected chi connectivity index (χ3v) is 8.06. The minimum absolute atomic E-state index is 0.0672. The van der Waals surface area contributed by atoms with E-state index < -0.39 is 30.4 Å². The lowest BCUT2D eigenvalue weighted by Crippen LogP contribution is -2.49. The summed E-state index contributed by atoms with van der Waals surface area (Å²) in [5, 5.41) is 14.2. The number of amides is 2. The normalized spacial score (nSPS) is 11.5. The Morgan fingerprint density at radius 1 is 0.780 bits per heavy atom. The van der Waals surface area contributed by atoms with E-state index in [4.69, 9.17) is 9.84 Å². The Morgan fingerprint density at radius 3 is 1.96 bits per heavy atom. The van der Waals surface area contributed by atoms with E-state index in [0.717, 1.165) is 46.6 Å². The van der Waals surface area contributed by atoms with E-state index in [-0.39, 0.29) is 11.8 Å². The van der Waals surface area contributed by atoms with Gasteiger partial charge < -0.3 is 20.5 Å². The zero-order chi connectivity index (χ0) is 36.5. The molecule has 50 heavy (non-hydrogen) atoms. The van der Waals surface area contributed by atoms with E-state index >= 15 is 0 Å². The topological polar surface area (TPSA) is 131 Å². The van der Waals surface area contributed by atoms with Gasteiger partial charge in [0.25, 0.3) is 5.91 Å². The van der Waals surface area contributed by atoms with Crippen LogP contribution in [-0.4, -0.2) is 52.1 Å². The molecule has 3 N–H and O–H groups in total. The Labute approximate surface area is 296 Å². The molecule has 0 bridgehead atoms. The van der Waals surface area contributed by atoms with Crippen molar-refractivity contribution in [3.8, 4) is 28.3 Å². The molecule has 1 heterocycles. The fourth-order valence-corrected chi connectivity index (χ4v) is 5.15. The molecule has 2 amide bonds. The summed E-state index contributed by atoms with van der Waals surface area (Å²) >= 11 is 0. The second-order valence-corrected chi connectivity index (χ2v) is 12.9. The zero-order valence-corrected chi connectivity index (χ0v) is 30.3. The SMILES string of the molecule is CC.CCCCCCCOc1ccc(-c2cnc(-c3ccc(CC(NC(=O)c4ccc(C(C)(C)C)cc4)C(=O)NCC(=O)O)cc3)nc2)cc1. The van der Waals surface area contributed by atoms with Gasteiger partial charge in [-0.05, 0) is 52.8 Å². The Balaban J connectivity index is 0.00000332. The summed E-state index contributed by atoms with van der Waals surface area (Å²) in [5.74, 6) is -0.770. The molecule has 0 spiro atoms. The molecule has 1 atom stereocenters. The van der Waals surface area contributed by atoms with Gasteiger partial charge in [0, 0.05) is 35.5 Å². The summed E-state index contributed by atoms with van der Waals surface area (Å²) in [6.45, 7) is 12.6. The molecule has 0 aliphatic carbocycles. The lowest BCUT2D eigenvalue weighted by atomic mass is 9.86. The molecule has 4 rings (SSSR count). The van der Waals surface area contributed by atoms with Gasteiger partial charge in [-0.15, -0.1) is 0 Å². The van der Waals surface area contributed by atoms with Crippen molar-refractivity contribution in [2.24, 2.45) is 0 Å². The molecule has 4 aromatic rings. The number of benzene rings is 3. The standard InChI is InChI=1S/C39H46N4O5.C2H6/c1-5-6-7-8-9-22-48-33-20-16-28(17-21-33)31-24-40-36(41-25-31)29-12-10-27(11-13-29)23-34(38(47)42-26-35(44)45)43-37(46)30-14-18-32(19-15-30)39(2,3)4;1-2/h10-21,24-25,34H,5-9,22-23,26H2,1-4H3,(H,42,47)(H,43,46)(H,44,45);1-2H3. The molecule has 0 aliphatic heterocycles. The minimum atomic E-state index is -1.17. The lowest BCUT2D eigenvalue weighted by molar-refractivity contribution is -0.138. The number of nitrogens with one attached hydrogen (secondary N) is 2. The molecule has 1 aromatic heterocycles. The highest BCUT2D eigenvalue weighted by Gasteiger charge is 2.23. The number of nitrogens with zero attached hydrogens (tertiary/aromatic N) is 2. The minimum Gasteiger partial charge on any atom is -0.494 e. The predicted molar refractivity (Wildman–Crippen MR) is 199 cm³/mol. The third-order valence-electron chi connectivity index (χ3n) is 8.06. The van der Waals surface area contributed by atoms with Gasteiger partial charge >= 0.3 is 5.97 Å². The van der Waals surface area contributed by atoms with Crippen LogP contribution < -0.4 is 15.4 Å². The van der Waals surface area contributed by atoms with Crippen LogP contribution >= 0.6 is 0 Å². The van der Waals surface area contributed by atoms with E-state index in [2.05, 4.69) is 48.3 Å². The number of rotatable bonds is 16. The first kappa shape index (κ1) is 39.4. The van der Waals surface area contributed by atoms with Gasteiger partial charge in [-0.2, -0.15) is 0 Å². The zero-order valence-electron chi connectivity index (χ0n) is 30.3. The maximum atomic E-state index is 13.1. The number of hydrogen-bond acceptors (Lipinski definition) is 6. The van der Waals surface area contributed by atoms with Crippen molar-refractivity contribution in [2.45, 2.75) is 91.5 Å². The number of ether oxygens (including phenoxy) is 1. The number of aromatic nitrogens is 2. The Hall–Kier alpha value is -5.05. The van der Waals surface area contributed by atoms with Crippen LogP contribution in [-0.2, 0) is 21.4 Å². The quantitative estimate of drug-likeness (QED) is 0.102. The molecule has 1 unspecified atom stereocenters. The van der Waals surface area contributed by atoms with Crippen LogP contribution in [0.15, 0.2) is 85.2 Å². The second kappa shape index (κ2) is 19.8. The average Bonchev–Trinajstić information content (AvgIpc) is 3.13. The summed E-state index contributed by atoms with van der Waals surface area (Å²) in [4.78, 5) is 46.2. The third kappa shape index (κ3) is 12.4. The highest BCUT2D eigenvalue weighted by molar-refractivity contribution is 5.98. The number of carboxylic acids is 1. The molecular weight excluding hydrogens is 628 g/mol. The van der Waals surface area contributed by atoms with E-state index in [9.17, 15) is 14.4 Å². The Kier molecular flexibility index (Phi) is 15.6. The second-order valence-electron chi connectivity index (χ2n) is 12.9. The first-order chi connectivity index (χ1) is 24.0. The van der Waals surface area contributed by atoms with Gasteiger partial charge in [-0.3, -0.25) is 14.4 Å². The molecule has 3 aromatic carbocycles. The van der Waals surface area contributed by atoms with Gasteiger partial charge in [-0.25, -0.2) is 9.97 Å². The first-order valence-electron chi connectivity index (χ1n) is 17.6. The maximum Gasteiger partial charge on any atom is 0.322 e. The van der Waals surface area contributed by atoms with Crippen LogP contribution in [0.3, 0.4) is 0 Å². The number of aliphatic carboxylic acids is 1. The molecule has 9 heteroatoms. The molecule has 0 radical (unpaired) electrons. The Morgan fingerprint density at radius 2 is 1.38 bits per heavy atom. The van der Waals surface area contributed by atoms with Crippen LogP contribution in [0.25, 0.3) is 22.5 Å². The molecule has 0 fully saturated rings. The van der Waals surface area contributed by atoms with Gasteiger partial charge in [0.15, 0.2) is 5.82 Å². The van der Waals surface area contributed by atoms with Crippen molar-refractivity contribution < 1.29 is 24.2 Å². The average molecular weight is 681 g/mol. The summed E-state index contributed by atoms with van der Waals surface area (Å²) < 4.78 is 5.88. The molecule has 266 valence electrons. The van der Waals surface area contributed by atoms with Gasteiger partial charge in [0.1, 0.15) is 18.3 Å². The van der Waals surface area contributed by atoms with Crippen molar-refractivity contribution in [2.75, 3.05) is 13.2 Å².